The van der Waals surface area contributed by atoms with E-state index in [1.54, 1.807) is 19.5 Å². The van der Waals surface area contributed by atoms with E-state index in [2.05, 4.69) is 15.3 Å². The van der Waals surface area contributed by atoms with Gasteiger partial charge in [-0.1, -0.05) is 6.07 Å². The average Bonchev–Trinajstić information content (AvgIpc) is 2.40. The van der Waals surface area contributed by atoms with Crippen molar-refractivity contribution >= 4 is 5.82 Å². The van der Waals surface area contributed by atoms with Crippen LogP contribution in [-0.2, 0) is 0 Å². The molecule has 2 aromatic rings. The van der Waals surface area contributed by atoms with E-state index in [9.17, 15) is 0 Å². The third-order valence-electron chi connectivity index (χ3n) is 2.48. The van der Waals surface area contributed by atoms with Crippen molar-refractivity contribution in [2.24, 2.45) is 0 Å². The van der Waals surface area contributed by atoms with Gasteiger partial charge in [0.05, 0.1) is 18.8 Å². The highest BCUT2D eigenvalue weighted by molar-refractivity contribution is 5.50. The summed E-state index contributed by atoms with van der Waals surface area (Å²) in [5.41, 5.74) is 0.972. The van der Waals surface area contributed by atoms with E-state index in [-0.39, 0.29) is 6.04 Å². The smallest absolute Gasteiger partial charge is 0.169 e. The Hall–Kier alpha value is -2.10. The molecule has 2 heterocycles. The molecule has 0 saturated heterocycles. The number of aromatic nitrogens is 2. The zero-order chi connectivity index (χ0) is 12.1. The molecule has 17 heavy (non-hydrogen) atoms. The molecular weight excluding hydrogens is 214 g/mol. The Labute approximate surface area is 101 Å². The van der Waals surface area contributed by atoms with Gasteiger partial charge < -0.3 is 10.1 Å². The summed E-state index contributed by atoms with van der Waals surface area (Å²) >= 11 is 0. The number of nitrogens with one attached hydrogen (secondary N) is 1. The molecule has 1 unspecified atom stereocenters. The first-order valence-corrected chi connectivity index (χ1v) is 5.47. The normalized spacial score (nSPS) is 11.9. The van der Waals surface area contributed by atoms with Crippen LogP contribution in [0.5, 0.6) is 5.75 Å². The fourth-order valence-electron chi connectivity index (χ4n) is 1.57. The predicted octanol–water partition coefficient (Wildman–Crippen LogP) is 2.66. The minimum absolute atomic E-state index is 0.0833. The highest BCUT2D eigenvalue weighted by Gasteiger charge is 2.09. The monoisotopic (exact) mass is 229 g/mol. The van der Waals surface area contributed by atoms with Crippen molar-refractivity contribution in [1.82, 2.24) is 9.97 Å². The summed E-state index contributed by atoms with van der Waals surface area (Å²) in [6.45, 7) is 2.04. The minimum atomic E-state index is 0.0833. The number of hydrogen-bond donors (Lipinski definition) is 1. The van der Waals surface area contributed by atoms with Crippen molar-refractivity contribution in [1.29, 1.82) is 0 Å². The van der Waals surface area contributed by atoms with Crippen LogP contribution in [0, 0.1) is 0 Å². The fraction of sp³-hybridized carbons (Fsp3) is 0.231. The van der Waals surface area contributed by atoms with E-state index >= 15 is 0 Å². The Morgan fingerprint density at radius 1 is 1.12 bits per heavy atom. The van der Waals surface area contributed by atoms with Crippen molar-refractivity contribution < 1.29 is 4.74 Å². The Morgan fingerprint density at radius 2 is 1.94 bits per heavy atom. The van der Waals surface area contributed by atoms with Crippen LogP contribution in [0.2, 0.25) is 0 Å². The van der Waals surface area contributed by atoms with Crippen molar-refractivity contribution in [2.45, 2.75) is 13.0 Å². The summed E-state index contributed by atoms with van der Waals surface area (Å²) in [7, 11) is 1.63. The molecule has 0 bridgehead atoms. The molecule has 0 fully saturated rings. The van der Waals surface area contributed by atoms with Crippen LogP contribution >= 0.6 is 0 Å². The van der Waals surface area contributed by atoms with Gasteiger partial charge in [-0.3, -0.25) is 4.98 Å². The molecule has 0 spiro atoms. The van der Waals surface area contributed by atoms with E-state index in [1.165, 1.54) is 0 Å². The Morgan fingerprint density at radius 3 is 2.65 bits per heavy atom. The lowest BCUT2D eigenvalue weighted by Gasteiger charge is -2.15. The third-order valence-corrected chi connectivity index (χ3v) is 2.48. The van der Waals surface area contributed by atoms with Crippen molar-refractivity contribution in [3.8, 4) is 5.75 Å². The van der Waals surface area contributed by atoms with E-state index in [0.717, 1.165) is 17.3 Å². The second-order valence-corrected chi connectivity index (χ2v) is 3.67. The van der Waals surface area contributed by atoms with Crippen LogP contribution < -0.4 is 10.1 Å². The molecule has 0 amide bonds. The molecule has 4 heteroatoms. The van der Waals surface area contributed by atoms with Crippen molar-refractivity contribution in [2.75, 3.05) is 12.4 Å². The van der Waals surface area contributed by atoms with Gasteiger partial charge >= 0.3 is 0 Å². The van der Waals surface area contributed by atoms with Gasteiger partial charge in [-0.15, -0.1) is 0 Å². The maximum Gasteiger partial charge on any atom is 0.169 e. The molecule has 2 aromatic heterocycles. The molecule has 0 aliphatic rings. The lowest BCUT2D eigenvalue weighted by Crippen LogP contribution is -2.10. The second kappa shape index (κ2) is 5.30. The predicted molar refractivity (Wildman–Crippen MR) is 67.1 cm³/mol. The molecule has 0 aliphatic heterocycles. The largest absolute Gasteiger partial charge is 0.493 e. The summed E-state index contributed by atoms with van der Waals surface area (Å²) < 4.78 is 5.24. The van der Waals surface area contributed by atoms with Crippen molar-refractivity contribution in [3.63, 3.8) is 0 Å². The SMILES string of the molecule is COc1cccnc1NC(C)c1ccccn1. The van der Waals surface area contributed by atoms with E-state index < -0.39 is 0 Å². The second-order valence-electron chi connectivity index (χ2n) is 3.67. The van der Waals surface area contributed by atoms with E-state index in [0.29, 0.717) is 0 Å². The Kier molecular flexibility index (Phi) is 3.55. The number of ether oxygens (including phenoxy) is 1. The van der Waals surface area contributed by atoms with Crippen molar-refractivity contribution in [3.05, 3.63) is 48.4 Å². The number of pyridine rings is 2. The number of methoxy groups -OCH3 is 1. The number of nitrogens with zero attached hydrogens (tertiary/aromatic N) is 2. The van der Waals surface area contributed by atoms with Gasteiger partial charge in [0.15, 0.2) is 11.6 Å². The van der Waals surface area contributed by atoms with Crippen LogP contribution in [-0.4, -0.2) is 17.1 Å². The summed E-state index contributed by atoms with van der Waals surface area (Å²) in [5.74, 6) is 1.46. The lowest BCUT2D eigenvalue weighted by atomic mass is 10.2. The van der Waals surface area contributed by atoms with Gasteiger partial charge in [0, 0.05) is 12.4 Å². The zero-order valence-electron chi connectivity index (χ0n) is 9.92. The van der Waals surface area contributed by atoms with Crippen LogP contribution in [0.25, 0.3) is 0 Å². The molecule has 1 atom stereocenters. The van der Waals surface area contributed by atoms with E-state index in [4.69, 9.17) is 4.74 Å². The maximum absolute atomic E-state index is 5.24. The van der Waals surface area contributed by atoms with Gasteiger partial charge in [-0.05, 0) is 31.2 Å². The minimum Gasteiger partial charge on any atom is -0.493 e. The first-order chi connectivity index (χ1) is 8.31. The van der Waals surface area contributed by atoms with Crippen LogP contribution in [0.4, 0.5) is 5.82 Å². The van der Waals surface area contributed by atoms with E-state index in [1.807, 2.05) is 37.3 Å². The average molecular weight is 229 g/mol. The zero-order valence-corrected chi connectivity index (χ0v) is 9.92. The number of rotatable bonds is 4. The van der Waals surface area contributed by atoms with Gasteiger partial charge in [0.2, 0.25) is 0 Å². The molecule has 1 N–H and O–H groups in total. The number of hydrogen-bond acceptors (Lipinski definition) is 4. The summed E-state index contributed by atoms with van der Waals surface area (Å²) in [5, 5.41) is 3.28. The first kappa shape index (κ1) is 11.4. The molecule has 2 rings (SSSR count). The molecule has 0 aromatic carbocycles. The Balaban J connectivity index is 2.16. The highest BCUT2D eigenvalue weighted by atomic mass is 16.5. The molecule has 4 nitrogen and oxygen atoms in total. The first-order valence-electron chi connectivity index (χ1n) is 5.47. The summed E-state index contributed by atoms with van der Waals surface area (Å²) in [6.07, 6.45) is 3.51. The summed E-state index contributed by atoms with van der Waals surface area (Å²) in [4.78, 5) is 8.55. The fourth-order valence-corrected chi connectivity index (χ4v) is 1.57. The van der Waals surface area contributed by atoms with Gasteiger partial charge in [-0.25, -0.2) is 4.98 Å². The van der Waals surface area contributed by atoms with Gasteiger partial charge in [-0.2, -0.15) is 0 Å². The van der Waals surface area contributed by atoms with Crippen LogP contribution in [0.3, 0.4) is 0 Å². The molecule has 0 aliphatic carbocycles. The molecule has 0 radical (unpaired) electrons. The molecule has 0 saturated carbocycles. The van der Waals surface area contributed by atoms with Gasteiger partial charge in [0.25, 0.3) is 0 Å². The quantitative estimate of drug-likeness (QED) is 0.875. The summed E-state index contributed by atoms with van der Waals surface area (Å²) in [6, 6.07) is 9.65. The van der Waals surface area contributed by atoms with Gasteiger partial charge in [0.1, 0.15) is 0 Å². The molecule has 88 valence electrons. The Bertz CT molecular complexity index is 473. The molecular formula is C13H15N3O. The highest BCUT2D eigenvalue weighted by Crippen LogP contribution is 2.24. The van der Waals surface area contributed by atoms with Crippen LogP contribution in [0.15, 0.2) is 42.7 Å². The standard InChI is InChI=1S/C13H15N3O/c1-10(11-6-3-4-8-14-11)16-13-12(17-2)7-5-9-15-13/h3-10H,1-2H3,(H,15,16). The number of anilines is 1. The van der Waals surface area contributed by atoms with Crippen LogP contribution in [0.1, 0.15) is 18.7 Å². The maximum atomic E-state index is 5.24. The third kappa shape index (κ3) is 2.72. The lowest BCUT2D eigenvalue weighted by molar-refractivity contribution is 0.414. The topological polar surface area (TPSA) is 47.0 Å².